The largest absolute Gasteiger partial charge is 0.493 e. The highest BCUT2D eigenvalue weighted by atomic mass is 16.5. The molecule has 1 aliphatic rings. The molecule has 0 amide bonds. The molecule has 0 bridgehead atoms. The molecule has 0 aromatic heterocycles. The summed E-state index contributed by atoms with van der Waals surface area (Å²) in [6.07, 6.45) is 1.15. The van der Waals surface area contributed by atoms with Crippen molar-refractivity contribution in [3.05, 3.63) is 23.8 Å². The highest BCUT2D eigenvalue weighted by molar-refractivity contribution is 5.44. The van der Waals surface area contributed by atoms with E-state index in [0.29, 0.717) is 30.9 Å². The standard InChI is InChI=1S/C15H22O4/c1-14(2)10-15(16,7-8-19-14)11-5-6-12(17-3)13(9-11)18-4/h5-6,9,16H,7-8,10H2,1-4H3. The number of benzene rings is 1. The van der Waals surface area contributed by atoms with Gasteiger partial charge in [0, 0.05) is 12.8 Å². The SMILES string of the molecule is COc1ccc(C2(O)CCOC(C)(C)C2)cc1OC. The molecule has 1 aromatic carbocycles. The molecule has 0 aliphatic carbocycles. The zero-order valence-corrected chi connectivity index (χ0v) is 12.0. The van der Waals surface area contributed by atoms with E-state index in [9.17, 15) is 5.11 Å². The fourth-order valence-electron chi connectivity index (χ4n) is 2.71. The van der Waals surface area contributed by atoms with Crippen molar-refractivity contribution < 1.29 is 19.3 Å². The molecule has 106 valence electrons. The smallest absolute Gasteiger partial charge is 0.161 e. The van der Waals surface area contributed by atoms with Crippen molar-refractivity contribution in [2.24, 2.45) is 0 Å². The van der Waals surface area contributed by atoms with Crippen LogP contribution in [0.1, 0.15) is 32.3 Å². The third-order valence-corrected chi connectivity index (χ3v) is 3.65. The average molecular weight is 266 g/mol. The molecular formula is C15H22O4. The Kier molecular flexibility index (Phi) is 3.74. The van der Waals surface area contributed by atoms with Crippen LogP contribution in [0.3, 0.4) is 0 Å². The first kappa shape index (κ1) is 14.2. The number of hydrogen-bond donors (Lipinski definition) is 1. The zero-order valence-electron chi connectivity index (χ0n) is 12.0. The summed E-state index contributed by atoms with van der Waals surface area (Å²) in [5.41, 5.74) is -0.344. The summed E-state index contributed by atoms with van der Waals surface area (Å²) in [7, 11) is 3.20. The van der Waals surface area contributed by atoms with E-state index in [-0.39, 0.29) is 5.60 Å². The van der Waals surface area contributed by atoms with Crippen molar-refractivity contribution in [1.82, 2.24) is 0 Å². The summed E-state index contributed by atoms with van der Waals surface area (Å²) in [6, 6.07) is 5.57. The summed E-state index contributed by atoms with van der Waals surface area (Å²) in [5.74, 6) is 1.30. The number of hydrogen-bond acceptors (Lipinski definition) is 4. The molecule has 2 rings (SSSR count). The molecule has 0 spiro atoms. The summed E-state index contributed by atoms with van der Waals surface area (Å²) in [5, 5.41) is 10.9. The van der Waals surface area contributed by atoms with Crippen LogP contribution < -0.4 is 9.47 Å². The molecule has 0 saturated carbocycles. The van der Waals surface area contributed by atoms with Gasteiger partial charge in [-0.25, -0.2) is 0 Å². The average Bonchev–Trinajstić information content (AvgIpc) is 2.36. The molecule has 1 N–H and O–H groups in total. The summed E-state index contributed by atoms with van der Waals surface area (Å²) < 4.78 is 16.2. The fraction of sp³-hybridized carbons (Fsp3) is 0.600. The molecule has 1 atom stereocenters. The predicted octanol–water partition coefficient (Wildman–Crippen LogP) is 2.48. The normalized spacial score (nSPS) is 25.9. The minimum Gasteiger partial charge on any atom is -0.493 e. The molecule has 1 fully saturated rings. The van der Waals surface area contributed by atoms with Crippen LogP contribution in [0, 0.1) is 0 Å². The first-order valence-electron chi connectivity index (χ1n) is 6.49. The maximum Gasteiger partial charge on any atom is 0.161 e. The van der Waals surface area contributed by atoms with Gasteiger partial charge in [0.1, 0.15) is 0 Å². The highest BCUT2D eigenvalue weighted by Crippen LogP contribution is 2.41. The van der Waals surface area contributed by atoms with E-state index >= 15 is 0 Å². The molecule has 1 aromatic rings. The maximum absolute atomic E-state index is 10.9. The van der Waals surface area contributed by atoms with Crippen LogP contribution in [0.4, 0.5) is 0 Å². The third-order valence-electron chi connectivity index (χ3n) is 3.65. The van der Waals surface area contributed by atoms with Gasteiger partial charge in [0.2, 0.25) is 0 Å². The lowest BCUT2D eigenvalue weighted by Crippen LogP contribution is -2.43. The minimum atomic E-state index is -0.874. The van der Waals surface area contributed by atoms with Crippen molar-refractivity contribution in [3.8, 4) is 11.5 Å². The Morgan fingerprint density at radius 1 is 1.16 bits per heavy atom. The van der Waals surface area contributed by atoms with E-state index < -0.39 is 5.60 Å². The molecule has 19 heavy (non-hydrogen) atoms. The van der Waals surface area contributed by atoms with Crippen LogP contribution in [-0.2, 0) is 10.3 Å². The monoisotopic (exact) mass is 266 g/mol. The van der Waals surface area contributed by atoms with Gasteiger partial charge in [0.25, 0.3) is 0 Å². The fourth-order valence-corrected chi connectivity index (χ4v) is 2.71. The Hall–Kier alpha value is -1.26. The van der Waals surface area contributed by atoms with Crippen LogP contribution in [0.5, 0.6) is 11.5 Å². The number of rotatable bonds is 3. The van der Waals surface area contributed by atoms with E-state index in [4.69, 9.17) is 14.2 Å². The van der Waals surface area contributed by atoms with Gasteiger partial charge in [0.15, 0.2) is 11.5 Å². The van der Waals surface area contributed by atoms with Crippen molar-refractivity contribution in [2.45, 2.75) is 37.9 Å². The Bertz CT molecular complexity index is 455. The Morgan fingerprint density at radius 3 is 2.42 bits per heavy atom. The summed E-state index contributed by atoms with van der Waals surface area (Å²) >= 11 is 0. The molecule has 1 saturated heterocycles. The van der Waals surface area contributed by atoms with Crippen molar-refractivity contribution in [1.29, 1.82) is 0 Å². The lowest BCUT2D eigenvalue weighted by Gasteiger charge is -2.41. The lowest BCUT2D eigenvalue weighted by atomic mass is 9.79. The van der Waals surface area contributed by atoms with Gasteiger partial charge in [-0.1, -0.05) is 6.07 Å². The first-order valence-corrected chi connectivity index (χ1v) is 6.49. The molecule has 0 radical (unpaired) electrons. The van der Waals surface area contributed by atoms with Gasteiger partial charge in [-0.2, -0.15) is 0 Å². The third kappa shape index (κ3) is 2.85. The number of aliphatic hydroxyl groups is 1. The second-order valence-electron chi connectivity index (χ2n) is 5.64. The van der Waals surface area contributed by atoms with Gasteiger partial charge in [-0.05, 0) is 31.5 Å². The maximum atomic E-state index is 10.9. The predicted molar refractivity (Wildman–Crippen MR) is 72.7 cm³/mol. The Morgan fingerprint density at radius 2 is 1.84 bits per heavy atom. The van der Waals surface area contributed by atoms with Crippen molar-refractivity contribution >= 4 is 0 Å². The van der Waals surface area contributed by atoms with E-state index in [0.717, 1.165) is 5.56 Å². The Balaban J connectivity index is 2.35. The van der Waals surface area contributed by atoms with Gasteiger partial charge in [-0.3, -0.25) is 0 Å². The van der Waals surface area contributed by atoms with Crippen LogP contribution in [0.15, 0.2) is 18.2 Å². The number of methoxy groups -OCH3 is 2. The molecule has 1 aliphatic heterocycles. The quantitative estimate of drug-likeness (QED) is 0.913. The second kappa shape index (κ2) is 5.02. The molecule has 4 nitrogen and oxygen atoms in total. The molecular weight excluding hydrogens is 244 g/mol. The Labute approximate surface area is 114 Å². The van der Waals surface area contributed by atoms with Crippen LogP contribution in [-0.4, -0.2) is 31.5 Å². The molecule has 1 heterocycles. The topological polar surface area (TPSA) is 47.9 Å². The minimum absolute atomic E-state index is 0.319. The second-order valence-corrected chi connectivity index (χ2v) is 5.64. The van der Waals surface area contributed by atoms with E-state index in [1.54, 1.807) is 14.2 Å². The summed E-state index contributed by atoms with van der Waals surface area (Å²) in [6.45, 7) is 4.55. The van der Waals surface area contributed by atoms with Gasteiger partial charge in [0.05, 0.1) is 32.0 Å². The van der Waals surface area contributed by atoms with Crippen LogP contribution >= 0.6 is 0 Å². The van der Waals surface area contributed by atoms with E-state index in [1.165, 1.54) is 0 Å². The van der Waals surface area contributed by atoms with E-state index in [1.807, 2.05) is 32.0 Å². The lowest BCUT2D eigenvalue weighted by molar-refractivity contribution is -0.148. The van der Waals surface area contributed by atoms with Crippen molar-refractivity contribution in [3.63, 3.8) is 0 Å². The molecule has 4 heteroatoms. The van der Waals surface area contributed by atoms with E-state index in [2.05, 4.69) is 0 Å². The van der Waals surface area contributed by atoms with Gasteiger partial charge < -0.3 is 19.3 Å². The van der Waals surface area contributed by atoms with Crippen LogP contribution in [0.25, 0.3) is 0 Å². The van der Waals surface area contributed by atoms with Gasteiger partial charge in [-0.15, -0.1) is 0 Å². The first-order chi connectivity index (χ1) is 8.90. The zero-order chi connectivity index (χ0) is 14.1. The summed E-state index contributed by atoms with van der Waals surface area (Å²) in [4.78, 5) is 0. The molecule has 1 unspecified atom stereocenters. The highest BCUT2D eigenvalue weighted by Gasteiger charge is 2.40. The van der Waals surface area contributed by atoms with Gasteiger partial charge >= 0.3 is 0 Å². The van der Waals surface area contributed by atoms with Crippen molar-refractivity contribution in [2.75, 3.05) is 20.8 Å². The number of ether oxygens (including phenoxy) is 3. The van der Waals surface area contributed by atoms with Crippen LogP contribution in [0.2, 0.25) is 0 Å².